The molecule has 0 aliphatic rings. The highest BCUT2D eigenvalue weighted by Gasteiger charge is 2.20. The average Bonchev–Trinajstić information content (AvgIpc) is 2.73. The van der Waals surface area contributed by atoms with E-state index in [1.165, 1.54) is 7.11 Å². The fourth-order valence-corrected chi connectivity index (χ4v) is 3.04. The Bertz CT molecular complexity index is 876. The summed E-state index contributed by atoms with van der Waals surface area (Å²) in [6, 6.07) is 10.3. The summed E-state index contributed by atoms with van der Waals surface area (Å²) in [4.78, 5) is 29.4. The maximum Gasteiger partial charge on any atom is 0.259 e. The molecule has 0 aliphatic carbocycles. The summed E-state index contributed by atoms with van der Waals surface area (Å²) in [6.45, 7) is 5.11. The third kappa shape index (κ3) is 4.99. The van der Waals surface area contributed by atoms with Crippen LogP contribution >= 0.6 is 0 Å². The Hall–Kier alpha value is -3.22. The molecule has 2 amide bonds. The lowest BCUT2D eigenvalue weighted by Gasteiger charge is -2.23. The minimum Gasteiger partial charge on any atom is -0.497 e. The molecular formula is C22H29N3O4. The largest absolute Gasteiger partial charge is 0.497 e. The first-order valence-electron chi connectivity index (χ1n) is 9.50. The molecule has 0 atom stereocenters. The molecule has 2 rings (SSSR count). The zero-order chi connectivity index (χ0) is 21.6. The Labute approximate surface area is 172 Å². The van der Waals surface area contributed by atoms with Gasteiger partial charge >= 0.3 is 0 Å². The molecule has 1 N–H and O–H groups in total. The molecule has 0 saturated heterocycles. The van der Waals surface area contributed by atoms with Gasteiger partial charge in [-0.05, 0) is 44.2 Å². The van der Waals surface area contributed by atoms with Crippen LogP contribution in [0.4, 0.5) is 11.4 Å². The number of methoxy groups -OCH3 is 2. The molecule has 0 unspecified atom stereocenters. The first-order valence-corrected chi connectivity index (χ1v) is 9.50. The predicted octanol–water partition coefficient (Wildman–Crippen LogP) is 3.50. The molecule has 0 bridgehead atoms. The van der Waals surface area contributed by atoms with Crippen LogP contribution in [-0.4, -0.2) is 58.1 Å². The third-order valence-electron chi connectivity index (χ3n) is 4.67. The number of hydrogen-bond donors (Lipinski definition) is 1. The van der Waals surface area contributed by atoms with Crippen LogP contribution in [0.1, 0.15) is 34.6 Å². The fourth-order valence-electron chi connectivity index (χ4n) is 3.04. The van der Waals surface area contributed by atoms with Gasteiger partial charge in [0.1, 0.15) is 11.5 Å². The summed E-state index contributed by atoms with van der Waals surface area (Å²) in [5.41, 5.74) is 2.25. The van der Waals surface area contributed by atoms with Crippen molar-refractivity contribution < 1.29 is 19.1 Å². The van der Waals surface area contributed by atoms with Crippen molar-refractivity contribution in [2.75, 3.05) is 51.6 Å². The number of hydrogen-bond acceptors (Lipinski definition) is 5. The molecule has 0 fully saturated rings. The number of benzene rings is 2. The number of anilines is 2. The zero-order valence-corrected chi connectivity index (χ0v) is 17.9. The van der Waals surface area contributed by atoms with Crippen molar-refractivity contribution in [2.45, 2.75) is 13.8 Å². The van der Waals surface area contributed by atoms with E-state index in [0.717, 1.165) is 5.69 Å². The lowest BCUT2D eigenvalue weighted by atomic mass is 10.1. The van der Waals surface area contributed by atoms with Crippen molar-refractivity contribution in [3.8, 4) is 11.5 Å². The van der Waals surface area contributed by atoms with Gasteiger partial charge in [0.2, 0.25) is 0 Å². The van der Waals surface area contributed by atoms with Crippen molar-refractivity contribution in [3.05, 3.63) is 47.5 Å². The average molecular weight is 399 g/mol. The first-order chi connectivity index (χ1) is 13.9. The second kappa shape index (κ2) is 9.82. The van der Waals surface area contributed by atoms with E-state index in [0.29, 0.717) is 41.4 Å². The predicted molar refractivity (Wildman–Crippen MR) is 116 cm³/mol. The van der Waals surface area contributed by atoms with Gasteiger partial charge in [0.05, 0.1) is 25.3 Å². The molecule has 0 saturated carbocycles. The summed E-state index contributed by atoms with van der Waals surface area (Å²) in [5.74, 6) is 0.604. The SMILES string of the molecule is CCN(CC)C(=O)c1cc(NC(=O)c2ccc(OC)cc2OC)ccc1N(C)C. The standard InChI is InChI=1S/C22H29N3O4/c1-7-25(8-2)22(27)18-13-15(9-12-19(18)24(3)4)23-21(26)17-11-10-16(28-5)14-20(17)29-6/h9-14H,7-8H2,1-6H3,(H,23,26). The van der Waals surface area contributed by atoms with Crippen LogP contribution < -0.4 is 19.7 Å². The Balaban J connectivity index is 2.37. The molecule has 29 heavy (non-hydrogen) atoms. The molecule has 0 heterocycles. The second-order valence-corrected chi connectivity index (χ2v) is 6.62. The number of ether oxygens (including phenoxy) is 2. The van der Waals surface area contributed by atoms with Crippen molar-refractivity contribution in [2.24, 2.45) is 0 Å². The number of carbonyl (C=O) groups excluding carboxylic acids is 2. The summed E-state index contributed by atoms with van der Waals surface area (Å²) in [6.07, 6.45) is 0. The number of carbonyl (C=O) groups is 2. The van der Waals surface area contributed by atoms with Gasteiger partial charge in [-0.2, -0.15) is 0 Å². The van der Waals surface area contributed by atoms with Crippen LogP contribution in [0.25, 0.3) is 0 Å². The molecule has 7 heteroatoms. The van der Waals surface area contributed by atoms with E-state index >= 15 is 0 Å². The monoisotopic (exact) mass is 399 g/mol. The number of amides is 2. The van der Waals surface area contributed by atoms with Crippen LogP contribution in [0.2, 0.25) is 0 Å². The van der Waals surface area contributed by atoms with Gasteiger partial charge < -0.3 is 24.6 Å². The van der Waals surface area contributed by atoms with Gasteiger partial charge in [0, 0.05) is 44.6 Å². The van der Waals surface area contributed by atoms with E-state index in [1.54, 1.807) is 42.3 Å². The van der Waals surface area contributed by atoms with Crippen LogP contribution in [0.15, 0.2) is 36.4 Å². The second-order valence-electron chi connectivity index (χ2n) is 6.62. The van der Waals surface area contributed by atoms with Crippen LogP contribution in [0, 0.1) is 0 Å². The third-order valence-corrected chi connectivity index (χ3v) is 4.67. The topological polar surface area (TPSA) is 71.1 Å². The quantitative estimate of drug-likeness (QED) is 0.736. The Morgan fingerprint density at radius 3 is 2.17 bits per heavy atom. The summed E-state index contributed by atoms with van der Waals surface area (Å²) < 4.78 is 10.5. The highest BCUT2D eigenvalue weighted by atomic mass is 16.5. The van der Waals surface area contributed by atoms with Crippen molar-refractivity contribution in [3.63, 3.8) is 0 Å². The van der Waals surface area contributed by atoms with Crippen molar-refractivity contribution >= 4 is 23.2 Å². The first kappa shape index (κ1) is 22.1. The Morgan fingerprint density at radius 2 is 1.62 bits per heavy atom. The number of nitrogens with one attached hydrogen (secondary N) is 1. The van der Waals surface area contributed by atoms with Crippen molar-refractivity contribution in [1.29, 1.82) is 0 Å². The molecule has 2 aromatic rings. The molecule has 0 aromatic heterocycles. The minimum absolute atomic E-state index is 0.0724. The van der Waals surface area contributed by atoms with Gasteiger partial charge in [-0.15, -0.1) is 0 Å². The van der Waals surface area contributed by atoms with Crippen LogP contribution in [0.3, 0.4) is 0 Å². The highest BCUT2D eigenvalue weighted by Crippen LogP contribution is 2.28. The van der Waals surface area contributed by atoms with Gasteiger partial charge in [-0.25, -0.2) is 0 Å². The summed E-state index contributed by atoms with van der Waals surface area (Å²) in [5, 5.41) is 2.86. The Kier molecular flexibility index (Phi) is 7.47. The van der Waals surface area contributed by atoms with Crippen LogP contribution in [0.5, 0.6) is 11.5 Å². The van der Waals surface area contributed by atoms with E-state index in [2.05, 4.69) is 5.32 Å². The number of rotatable bonds is 8. The normalized spacial score (nSPS) is 10.3. The molecule has 0 radical (unpaired) electrons. The van der Waals surface area contributed by atoms with Gasteiger partial charge in [-0.3, -0.25) is 9.59 Å². The molecule has 0 spiro atoms. The molecule has 7 nitrogen and oxygen atoms in total. The molecule has 0 aliphatic heterocycles. The maximum absolute atomic E-state index is 13.0. The molecular weight excluding hydrogens is 370 g/mol. The lowest BCUT2D eigenvalue weighted by molar-refractivity contribution is 0.0773. The van der Waals surface area contributed by atoms with E-state index in [1.807, 2.05) is 38.9 Å². The van der Waals surface area contributed by atoms with Crippen LogP contribution in [-0.2, 0) is 0 Å². The minimum atomic E-state index is -0.330. The smallest absolute Gasteiger partial charge is 0.259 e. The highest BCUT2D eigenvalue weighted by molar-refractivity contribution is 6.07. The lowest BCUT2D eigenvalue weighted by Crippen LogP contribution is -2.31. The summed E-state index contributed by atoms with van der Waals surface area (Å²) in [7, 11) is 6.82. The fraction of sp³-hybridized carbons (Fsp3) is 0.364. The van der Waals surface area contributed by atoms with Gasteiger partial charge in [0.15, 0.2) is 0 Å². The molecule has 2 aromatic carbocycles. The van der Waals surface area contributed by atoms with E-state index in [-0.39, 0.29) is 11.8 Å². The van der Waals surface area contributed by atoms with Gasteiger partial charge in [0.25, 0.3) is 11.8 Å². The zero-order valence-electron chi connectivity index (χ0n) is 17.9. The molecule has 156 valence electrons. The van der Waals surface area contributed by atoms with Crippen molar-refractivity contribution in [1.82, 2.24) is 4.90 Å². The summed E-state index contributed by atoms with van der Waals surface area (Å²) >= 11 is 0. The Morgan fingerprint density at radius 1 is 0.931 bits per heavy atom. The van der Waals surface area contributed by atoms with E-state index < -0.39 is 0 Å². The van der Waals surface area contributed by atoms with E-state index in [4.69, 9.17) is 9.47 Å². The number of nitrogens with zero attached hydrogens (tertiary/aromatic N) is 2. The maximum atomic E-state index is 13.0. The van der Waals surface area contributed by atoms with Gasteiger partial charge in [-0.1, -0.05) is 0 Å². The van der Waals surface area contributed by atoms with E-state index in [9.17, 15) is 9.59 Å².